The molecule has 76 valence electrons. The third-order valence-corrected chi connectivity index (χ3v) is 2.95. The molecule has 0 atom stereocenters. The normalized spacial score (nSPS) is 15.8. The fraction of sp³-hybridized carbons (Fsp3) is 0.500. The molecular weight excluding hydrogens is 220 g/mol. The highest BCUT2D eigenvalue weighted by Crippen LogP contribution is 2.21. The zero-order valence-corrected chi connectivity index (χ0v) is 9.20. The van der Waals surface area contributed by atoms with E-state index in [1.165, 1.54) is 11.3 Å². The lowest BCUT2D eigenvalue weighted by Crippen LogP contribution is -2.43. The van der Waals surface area contributed by atoms with E-state index >= 15 is 0 Å². The van der Waals surface area contributed by atoms with E-state index < -0.39 is 0 Å². The van der Waals surface area contributed by atoms with E-state index in [2.05, 4.69) is 21.3 Å². The van der Waals surface area contributed by atoms with Crippen molar-refractivity contribution in [1.29, 1.82) is 5.26 Å². The Morgan fingerprint density at radius 2 is 2.21 bits per heavy atom. The number of nitrogens with one attached hydrogen (secondary N) is 1. The molecule has 0 saturated carbocycles. The maximum Gasteiger partial charge on any atom is 0.186 e. The van der Waals surface area contributed by atoms with E-state index in [9.17, 15) is 0 Å². The molecule has 1 fully saturated rings. The molecule has 4 nitrogen and oxygen atoms in total. The molecule has 0 aliphatic carbocycles. The molecule has 0 amide bonds. The van der Waals surface area contributed by atoms with E-state index in [4.69, 9.17) is 5.26 Å². The number of hydrogen-bond acceptors (Lipinski definition) is 5. The van der Waals surface area contributed by atoms with Crippen molar-refractivity contribution in [3.8, 4) is 6.07 Å². The van der Waals surface area contributed by atoms with Gasteiger partial charge in [0.1, 0.15) is 10.9 Å². The Morgan fingerprint density at radius 3 is 2.79 bits per heavy atom. The second-order valence-electron chi connectivity index (χ2n) is 2.86. The van der Waals surface area contributed by atoms with Crippen molar-refractivity contribution in [2.24, 2.45) is 0 Å². The summed E-state index contributed by atoms with van der Waals surface area (Å²) in [6, 6.07) is 2.10. The van der Waals surface area contributed by atoms with Gasteiger partial charge in [0.15, 0.2) is 5.13 Å². The van der Waals surface area contributed by atoms with Crippen LogP contribution in [0.25, 0.3) is 0 Å². The van der Waals surface area contributed by atoms with Crippen molar-refractivity contribution in [1.82, 2.24) is 10.3 Å². The van der Waals surface area contributed by atoms with Crippen molar-refractivity contribution >= 4 is 28.9 Å². The molecule has 2 heterocycles. The molecule has 0 unspecified atom stereocenters. The first-order valence-electron chi connectivity index (χ1n) is 4.22. The first-order chi connectivity index (χ1) is 6.40. The van der Waals surface area contributed by atoms with Gasteiger partial charge in [-0.25, -0.2) is 4.98 Å². The number of rotatable bonds is 1. The predicted octanol–water partition coefficient (Wildman–Crippen LogP) is 0.846. The van der Waals surface area contributed by atoms with Crippen LogP contribution in [0, 0.1) is 11.3 Å². The van der Waals surface area contributed by atoms with E-state index in [1.54, 1.807) is 6.20 Å². The minimum atomic E-state index is 0. The van der Waals surface area contributed by atoms with Gasteiger partial charge in [-0.3, -0.25) is 0 Å². The minimum Gasteiger partial charge on any atom is -0.346 e. The topological polar surface area (TPSA) is 52.0 Å². The Morgan fingerprint density at radius 1 is 1.50 bits per heavy atom. The van der Waals surface area contributed by atoms with Crippen LogP contribution in [-0.4, -0.2) is 31.2 Å². The molecule has 1 N–H and O–H groups in total. The van der Waals surface area contributed by atoms with Gasteiger partial charge in [0.25, 0.3) is 0 Å². The number of piperazine rings is 1. The lowest BCUT2D eigenvalue weighted by atomic mass is 10.4. The monoisotopic (exact) mass is 230 g/mol. The summed E-state index contributed by atoms with van der Waals surface area (Å²) in [5.74, 6) is 0. The standard InChI is InChI=1S/C8H10N4S.ClH/c9-5-7-6-11-8(13-7)12-3-1-10-2-4-12;/h6,10H,1-4H2;1H. The lowest BCUT2D eigenvalue weighted by Gasteiger charge is -2.26. The number of nitrogens with zero attached hydrogens (tertiary/aromatic N) is 3. The second-order valence-corrected chi connectivity index (χ2v) is 3.87. The molecule has 14 heavy (non-hydrogen) atoms. The number of anilines is 1. The summed E-state index contributed by atoms with van der Waals surface area (Å²) in [6.07, 6.45) is 1.64. The zero-order valence-electron chi connectivity index (χ0n) is 7.56. The van der Waals surface area contributed by atoms with Gasteiger partial charge in [-0.15, -0.1) is 12.4 Å². The molecule has 1 aromatic heterocycles. The maximum atomic E-state index is 8.64. The van der Waals surface area contributed by atoms with Crippen LogP contribution in [0.3, 0.4) is 0 Å². The Hall–Kier alpha value is -0.830. The first kappa shape index (κ1) is 11.2. The molecular formula is C8H11ClN4S. The number of hydrogen-bond donors (Lipinski definition) is 1. The van der Waals surface area contributed by atoms with Gasteiger partial charge in [0.2, 0.25) is 0 Å². The lowest BCUT2D eigenvalue weighted by molar-refractivity contribution is 0.588. The summed E-state index contributed by atoms with van der Waals surface area (Å²) in [7, 11) is 0. The van der Waals surface area contributed by atoms with E-state index in [0.717, 1.165) is 31.3 Å². The highest BCUT2D eigenvalue weighted by molar-refractivity contribution is 7.16. The molecule has 0 bridgehead atoms. The molecule has 2 rings (SSSR count). The van der Waals surface area contributed by atoms with Crippen LogP contribution in [0.15, 0.2) is 6.20 Å². The molecule has 1 saturated heterocycles. The molecule has 1 aliphatic heterocycles. The number of nitriles is 1. The van der Waals surface area contributed by atoms with Crippen molar-refractivity contribution in [2.45, 2.75) is 0 Å². The van der Waals surface area contributed by atoms with Gasteiger partial charge in [-0.05, 0) is 0 Å². The van der Waals surface area contributed by atoms with E-state index in [-0.39, 0.29) is 12.4 Å². The van der Waals surface area contributed by atoms with Crippen LogP contribution >= 0.6 is 23.7 Å². The fourth-order valence-electron chi connectivity index (χ4n) is 1.32. The average molecular weight is 231 g/mol. The van der Waals surface area contributed by atoms with Crippen molar-refractivity contribution in [2.75, 3.05) is 31.1 Å². The van der Waals surface area contributed by atoms with Gasteiger partial charge < -0.3 is 10.2 Å². The maximum absolute atomic E-state index is 8.64. The van der Waals surface area contributed by atoms with Gasteiger partial charge in [0, 0.05) is 26.2 Å². The van der Waals surface area contributed by atoms with Gasteiger partial charge in [-0.1, -0.05) is 11.3 Å². The van der Waals surface area contributed by atoms with Gasteiger partial charge in [-0.2, -0.15) is 5.26 Å². The Balaban J connectivity index is 0.000000980. The largest absolute Gasteiger partial charge is 0.346 e. The quantitative estimate of drug-likeness (QED) is 0.777. The molecule has 1 aliphatic rings. The third-order valence-electron chi connectivity index (χ3n) is 1.99. The predicted molar refractivity (Wildman–Crippen MR) is 59.2 cm³/mol. The molecule has 0 aromatic carbocycles. The fourth-order valence-corrected chi connectivity index (χ4v) is 2.08. The molecule has 6 heteroatoms. The number of thiazole rings is 1. The smallest absolute Gasteiger partial charge is 0.186 e. The zero-order chi connectivity index (χ0) is 9.10. The van der Waals surface area contributed by atoms with E-state index in [0.29, 0.717) is 4.88 Å². The summed E-state index contributed by atoms with van der Waals surface area (Å²) in [4.78, 5) is 7.10. The van der Waals surface area contributed by atoms with Crippen LogP contribution in [0.5, 0.6) is 0 Å². The van der Waals surface area contributed by atoms with Gasteiger partial charge in [0.05, 0.1) is 6.20 Å². The van der Waals surface area contributed by atoms with Crippen molar-refractivity contribution in [3.05, 3.63) is 11.1 Å². The van der Waals surface area contributed by atoms with Crippen molar-refractivity contribution < 1.29 is 0 Å². The highest BCUT2D eigenvalue weighted by Gasteiger charge is 2.13. The highest BCUT2D eigenvalue weighted by atomic mass is 35.5. The Kier molecular flexibility index (Phi) is 4.14. The molecule has 0 spiro atoms. The van der Waals surface area contributed by atoms with Crippen molar-refractivity contribution in [3.63, 3.8) is 0 Å². The summed E-state index contributed by atoms with van der Waals surface area (Å²) in [5.41, 5.74) is 0. The average Bonchev–Trinajstić information content (AvgIpc) is 2.67. The molecule has 0 radical (unpaired) electrons. The summed E-state index contributed by atoms with van der Waals surface area (Å²) in [6.45, 7) is 3.97. The third kappa shape index (κ3) is 2.35. The van der Waals surface area contributed by atoms with Crippen LogP contribution in [0.4, 0.5) is 5.13 Å². The van der Waals surface area contributed by atoms with Crippen LogP contribution in [0.2, 0.25) is 0 Å². The van der Waals surface area contributed by atoms with Crippen LogP contribution in [-0.2, 0) is 0 Å². The van der Waals surface area contributed by atoms with Gasteiger partial charge >= 0.3 is 0 Å². The summed E-state index contributed by atoms with van der Waals surface area (Å²) >= 11 is 1.47. The first-order valence-corrected chi connectivity index (χ1v) is 5.03. The number of halogens is 1. The molecule has 1 aromatic rings. The Labute approximate surface area is 93.0 Å². The minimum absolute atomic E-state index is 0. The van der Waals surface area contributed by atoms with E-state index in [1.807, 2.05) is 0 Å². The SMILES string of the molecule is Cl.N#Cc1cnc(N2CCNCC2)s1. The van der Waals surface area contributed by atoms with Crippen LogP contribution < -0.4 is 10.2 Å². The summed E-state index contributed by atoms with van der Waals surface area (Å²) < 4.78 is 0. The van der Waals surface area contributed by atoms with Crippen LogP contribution in [0.1, 0.15) is 4.88 Å². The number of aromatic nitrogens is 1. The summed E-state index contributed by atoms with van der Waals surface area (Å²) in [5, 5.41) is 12.9. The second kappa shape index (κ2) is 5.15. The Bertz CT molecular complexity index is 326.